The fourth-order valence-electron chi connectivity index (χ4n) is 2.69. The van der Waals surface area contributed by atoms with Crippen LogP contribution in [-0.4, -0.2) is 24.6 Å². The van der Waals surface area contributed by atoms with Crippen LogP contribution in [0, 0.1) is 12.3 Å². The van der Waals surface area contributed by atoms with Gasteiger partial charge in [-0.15, -0.1) is 6.42 Å². The first-order chi connectivity index (χ1) is 13.4. The molecule has 0 saturated carbocycles. The normalized spacial score (nSPS) is 12.2. The highest BCUT2D eigenvalue weighted by molar-refractivity contribution is 7.91. The van der Waals surface area contributed by atoms with Crippen LogP contribution in [0.2, 0.25) is 5.02 Å². The van der Waals surface area contributed by atoms with Crippen molar-refractivity contribution < 1.29 is 13.2 Å². The smallest absolute Gasteiger partial charge is 0.248 e. The van der Waals surface area contributed by atoms with Crippen LogP contribution in [0.15, 0.2) is 58.4 Å². The fraction of sp³-hybridized carbons (Fsp3) is 0.200. The first kappa shape index (κ1) is 20.3. The lowest BCUT2D eigenvalue weighted by molar-refractivity contribution is -0.118. The molecular weight excluding hydrogens is 416 g/mol. The maximum absolute atomic E-state index is 12.3. The second-order valence-corrected chi connectivity index (χ2v) is 9.58. The average Bonchev–Trinajstić information content (AvgIpc) is 2.99. The summed E-state index contributed by atoms with van der Waals surface area (Å²) in [5.74, 6) is 2.07. The molecule has 3 aromatic rings. The van der Waals surface area contributed by atoms with Gasteiger partial charge in [0.2, 0.25) is 5.91 Å². The largest absolute Gasteiger partial charge is 0.305 e. The van der Waals surface area contributed by atoms with E-state index in [-0.39, 0.29) is 29.4 Å². The Kier molecular flexibility index (Phi) is 6.35. The summed E-state index contributed by atoms with van der Waals surface area (Å²) in [5.41, 5.74) is 0.919. The Hall–Kier alpha value is -2.40. The van der Waals surface area contributed by atoms with Gasteiger partial charge in [0.1, 0.15) is 0 Å². The Balaban J connectivity index is 1.72. The van der Waals surface area contributed by atoms with Gasteiger partial charge in [0.15, 0.2) is 14.6 Å². The van der Waals surface area contributed by atoms with Gasteiger partial charge in [-0.1, -0.05) is 41.0 Å². The lowest BCUT2D eigenvalue weighted by atomic mass is 10.3. The number of benzene rings is 2. The number of terminal acetylenes is 1. The van der Waals surface area contributed by atoms with E-state index < -0.39 is 9.84 Å². The molecule has 8 heteroatoms. The van der Waals surface area contributed by atoms with E-state index in [4.69, 9.17) is 18.0 Å². The second kappa shape index (κ2) is 8.74. The third kappa shape index (κ3) is 4.71. The number of hydrogen-bond donors (Lipinski definition) is 0. The summed E-state index contributed by atoms with van der Waals surface area (Å²) in [4.78, 5) is 17.1. The van der Waals surface area contributed by atoms with Crippen LogP contribution in [0.3, 0.4) is 0 Å². The molecule has 1 amide bonds. The summed E-state index contributed by atoms with van der Waals surface area (Å²) in [7, 11) is -3.46. The van der Waals surface area contributed by atoms with Gasteiger partial charge in [-0.2, -0.15) is 4.99 Å². The van der Waals surface area contributed by atoms with Gasteiger partial charge >= 0.3 is 0 Å². The molecule has 0 saturated heterocycles. The van der Waals surface area contributed by atoms with Crippen molar-refractivity contribution in [2.75, 3.05) is 5.75 Å². The van der Waals surface area contributed by atoms with Crippen molar-refractivity contribution in [3.05, 3.63) is 58.4 Å². The Labute approximate surface area is 172 Å². The van der Waals surface area contributed by atoms with Gasteiger partial charge in [0.05, 0.1) is 27.4 Å². The van der Waals surface area contributed by atoms with Gasteiger partial charge in [-0.25, -0.2) is 8.42 Å². The summed E-state index contributed by atoms with van der Waals surface area (Å²) in [6.07, 6.45) is 5.66. The molecule has 0 spiro atoms. The van der Waals surface area contributed by atoms with E-state index in [0.29, 0.717) is 16.4 Å². The van der Waals surface area contributed by atoms with Gasteiger partial charge < -0.3 is 4.57 Å². The second-order valence-electron chi connectivity index (χ2n) is 6.02. The van der Waals surface area contributed by atoms with E-state index in [1.165, 1.54) is 35.6 Å². The Morgan fingerprint density at radius 2 is 1.89 bits per heavy atom. The molecule has 0 atom stereocenters. The quantitative estimate of drug-likeness (QED) is 0.558. The summed E-state index contributed by atoms with van der Waals surface area (Å²) in [6.45, 7) is 0.307. The SMILES string of the molecule is C#CCn1c(=NC(=O)CCCS(=O)(=O)c2ccc(Cl)cc2)sc2ccccc21. The molecule has 5 nitrogen and oxygen atoms in total. The highest BCUT2D eigenvalue weighted by Crippen LogP contribution is 2.18. The number of halogens is 1. The number of aromatic nitrogens is 1. The van der Waals surface area contributed by atoms with Crippen LogP contribution >= 0.6 is 22.9 Å². The summed E-state index contributed by atoms with van der Waals surface area (Å²) in [6, 6.07) is 13.6. The van der Waals surface area contributed by atoms with Crippen molar-refractivity contribution in [1.82, 2.24) is 4.57 Å². The molecule has 28 heavy (non-hydrogen) atoms. The molecular formula is C20H17ClN2O3S2. The molecule has 0 bridgehead atoms. The minimum absolute atomic E-state index is 0.0388. The van der Waals surface area contributed by atoms with Crippen molar-refractivity contribution in [2.45, 2.75) is 24.3 Å². The number of nitrogens with zero attached hydrogens (tertiary/aromatic N) is 2. The lowest BCUT2D eigenvalue weighted by Crippen LogP contribution is -2.16. The number of fused-ring (bicyclic) bond motifs is 1. The topological polar surface area (TPSA) is 68.5 Å². The minimum atomic E-state index is -3.46. The molecule has 144 valence electrons. The van der Waals surface area contributed by atoms with E-state index in [0.717, 1.165) is 10.2 Å². The zero-order valence-electron chi connectivity index (χ0n) is 14.8. The van der Waals surface area contributed by atoms with E-state index >= 15 is 0 Å². The average molecular weight is 433 g/mol. The summed E-state index contributed by atoms with van der Waals surface area (Å²) >= 11 is 7.16. The van der Waals surface area contributed by atoms with Crippen molar-refractivity contribution in [3.8, 4) is 12.3 Å². The van der Waals surface area contributed by atoms with Crippen molar-refractivity contribution in [3.63, 3.8) is 0 Å². The van der Waals surface area contributed by atoms with Gasteiger partial charge in [-0.3, -0.25) is 4.79 Å². The number of thiazole rings is 1. The highest BCUT2D eigenvalue weighted by atomic mass is 35.5. The van der Waals surface area contributed by atoms with Gasteiger partial charge in [0.25, 0.3) is 0 Å². The number of sulfone groups is 1. The van der Waals surface area contributed by atoms with Crippen LogP contribution in [0.1, 0.15) is 12.8 Å². The zero-order valence-corrected chi connectivity index (χ0v) is 17.2. The van der Waals surface area contributed by atoms with Crippen LogP contribution in [0.5, 0.6) is 0 Å². The summed E-state index contributed by atoms with van der Waals surface area (Å²) in [5, 5.41) is 0.469. The minimum Gasteiger partial charge on any atom is -0.305 e. The van der Waals surface area contributed by atoms with Crippen molar-refractivity contribution in [1.29, 1.82) is 0 Å². The number of hydrogen-bond acceptors (Lipinski definition) is 4. The van der Waals surface area contributed by atoms with Crippen LogP contribution in [0.25, 0.3) is 10.2 Å². The van der Waals surface area contributed by atoms with Gasteiger partial charge in [0, 0.05) is 11.4 Å². The van der Waals surface area contributed by atoms with E-state index in [2.05, 4.69) is 10.9 Å². The van der Waals surface area contributed by atoms with Crippen LogP contribution in [-0.2, 0) is 21.2 Å². The molecule has 0 N–H and O–H groups in total. The van der Waals surface area contributed by atoms with Crippen molar-refractivity contribution in [2.24, 2.45) is 4.99 Å². The number of amides is 1. The molecule has 2 aromatic carbocycles. The third-order valence-corrected chi connectivity index (χ3v) is 7.16. The summed E-state index contributed by atoms with van der Waals surface area (Å²) < 4.78 is 27.5. The fourth-order valence-corrected chi connectivity index (χ4v) is 5.17. The van der Waals surface area contributed by atoms with Crippen LogP contribution < -0.4 is 4.80 Å². The lowest BCUT2D eigenvalue weighted by Gasteiger charge is -2.03. The van der Waals surface area contributed by atoms with E-state index in [1.807, 2.05) is 28.8 Å². The predicted octanol–water partition coefficient (Wildman–Crippen LogP) is 3.67. The first-order valence-electron chi connectivity index (χ1n) is 8.48. The molecule has 0 fully saturated rings. The molecule has 0 aliphatic heterocycles. The first-order valence-corrected chi connectivity index (χ1v) is 11.3. The maximum atomic E-state index is 12.3. The maximum Gasteiger partial charge on any atom is 0.248 e. The molecule has 0 aliphatic rings. The van der Waals surface area contributed by atoms with E-state index in [1.54, 1.807) is 0 Å². The Morgan fingerprint density at radius 3 is 2.61 bits per heavy atom. The number of carbonyl (C=O) groups is 1. The van der Waals surface area contributed by atoms with Crippen LogP contribution in [0.4, 0.5) is 0 Å². The molecule has 0 unspecified atom stereocenters. The zero-order chi connectivity index (χ0) is 20.1. The molecule has 1 aromatic heterocycles. The molecule has 0 aliphatic carbocycles. The standard InChI is InChI=1S/C20H17ClN2O3S2/c1-2-13-23-17-6-3-4-7-18(17)27-20(23)22-19(24)8-5-14-28(25,26)16-11-9-15(21)10-12-16/h1,3-4,6-7,9-12H,5,8,13-14H2. The van der Waals surface area contributed by atoms with Gasteiger partial charge in [-0.05, 0) is 42.8 Å². The highest BCUT2D eigenvalue weighted by Gasteiger charge is 2.15. The molecule has 3 rings (SSSR count). The number of para-hydroxylation sites is 1. The Morgan fingerprint density at radius 1 is 1.18 bits per heavy atom. The monoisotopic (exact) mass is 432 g/mol. The third-order valence-electron chi connectivity index (χ3n) is 4.03. The molecule has 1 heterocycles. The van der Waals surface area contributed by atoms with Crippen molar-refractivity contribution >= 4 is 48.9 Å². The van der Waals surface area contributed by atoms with E-state index in [9.17, 15) is 13.2 Å². The Bertz CT molecular complexity index is 1220. The number of rotatable bonds is 6. The molecule has 0 radical (unpaired) electrons. The predicted molar refractivity (Wildman–Crippen MR) is 112 cm³/mol. The number of carbonyl (C=O) groups excluding carboxylic acids is 1.